The van der Waals surface area contributed by atoms with E-state index in [1.165, 1.54) is 12.1 Å². The van der Waals surface area contributed by atoms with Crippen LogP contribution in [0.2, 0.25) is 0 Å². The maximum absolute atomic E-state index is 14.0. The smallest absolute Gasteiger partial charge is 0.353 e. The minimum Gasteiger partial charge on any atom is -0.477 e. The lowest BCUT2D eigenvalue weighted by atomic mass is 10.1. The molecule has 0 saturated carbocycles. The van der Waals surface area contributed by atoms with Gasteiger partial charge in [-0.1, -0.05) is 30.3 Å². The number of aliphatic hydroxyl groups is 1. The summed E-state index contributed by atoms with van der Waals surface area (Å²) >= 11 is 0. The number of aromatic carboxylic acids is 1. The van der Waals surface area contributed by atoms with Crippen molar-refractivity contribution in [3.8, 4) is 0 Å². The summed E-state index contributed by atoms with van der Waals surface area (Å²) in [5, 5.41) is 26.4. The van der Waals surface area contributed by atoms with E-state index in [1.54, 1.807) is 35.6 Å². The lowest BCUT2D eigenvalue weighted by Gasteiger charge is -2.19. The van der Waals surface area contributed by atoms with E-state index in [-0.39, 0.29) is 35.2 Å². The van der Waals surface area contributed by atoms with E-state index < -0.39 is 29.5 Å². The summed E-state index contributed by atoms with van der Waals surface area (Å²) in [7, 11) is 0. The molecule has 2 aromatic carbocycles. The number of carboxylic acids is 1. The molecule has 0 unspecified atom stereocenters. The Morgan fingerprint density at radius 1 is 1.19 bits per heavy atom. The van der Waals surface area contributed by atoms with Crippen LogP contribution in [0.1, 0.15) is 37.9 Å². The van der Waals surface area contributed by atoms with E-state index in [9.17, 15) is 28.6 Å². The van der Waals surface area contributed by atoms with Crippen LogP contribution in [0.4, 0.5) is 26.2 Å². The molecule has 1 amide bonds. The number of hydrogen-bond donors (Lipinski definition) is 5. The zero-order valence-corrected chi connectivity index (χ0v) is 16.3. The summed E-state index contributed by atoms with van der Waals surface area (Å²) in [6.07, 6.45) is 1.06. The first-order chi connectivity index (χ1) is 15.3. The van der Waals surface area contributed by atoms with Gasteiger partial charge < -0.3 is 20.8 Å². The van der Waals surface area contributed by atoms with Crippen molar-refractivity contribution in [1.29, 1.82) is 0 Å². The molecule has 0 spiro atoms. The number of anilines is 3. The quantitative estimate of drug-likeness (QED) is 0.353. The van der Waals surface area contributed by atoms with Crippen molar-refractivity contribution in [2.45, 2.75) is 12.1 Å². The number of nitrogens with zero attached hydrogens (tertiary/aromatic N) is 2. The fourth-order valence-corrected chi connectivity index (χ4v) is 3.28. The Bertz CT molecular complexity index is 1190. The van der Waals surface area contributed by atoms with Crippen LogP contribution in [-0.4, -0.2) is 38.7 Å². The molecule has 0 radical (unpaired) electrons. The number of benzene rings is 2. The number of amides is 1. The number of carboxylic acid groups (broad SMARTS) is 1. The highest BCUT2D eigenvalue weighted by Gasteiger charge is 2.44. The number of rotatable bonds is 7. The third kappa shape index (κ3) is 4.05. The van der Waals surface area contributed by atoms with Crippen LogP contribution in [0.15, 0.2) is 54.7 Å². The largest absolute Gasteiger partial charge is 0.477 e. The highest BCUT2D eigenvalue weighted by atomic mass is 19.3. The molecule has 32 heavy (non-hydrogen) atoms. The second kappa shape index (κ2) is 8.19. The molecule has 2 heterocycles. The summed E-state index contributed by atoms with van der Waals surface area (Å²) in [5.74, 6) is -2.30. The molecule has 4 rings (SSSR count). The molecule has 9 nitrogen and oxygen atoms in total. The summed E-state index contributed by atoms with van der Waals surface area (Å²) in [4.78, 5) is 31.3. The van der Waals surface area contributed by atoms with Crippen LogP contribution in [0.5, 0.6) is 0 Å². The van der Waals surface area contributed by atoms with Crippen LogP contribution in [0.25, 0.3) is 0 Å². The maximum Gasteiger partial charge on any atom is 0.353 e. The highest BCUT2D eigenvalue weighted by Crippen LogP contribution is 2.36. The molecule has 1 aromatic heterocycles. The van der Waals surface area contributed by atoms with Gasteiger partial charge in [-0.2, -0.15) is 13.8 Å². The summed E-state index contributed by atoms with van der Waals surface area (Å²) in [5.41, 5.74) is 0.0181. The van der Waals surface area contributed by atoms with Gasteiger partial charge in [0, 0.05) is 11.9 Å². The standard InChI is InChI=1S/C21H17F2N5O4/c22-21(23)15-8-12(6-7-13(15)18(30)28-21)25-20-24-9-14(19(31)32)17(27-20)26-16(10-29)11-4-2-1-3-5-11/h1-9,16,29H,10H2,(H,28,30)(H,31,32)(H2,24,25,26,27)/t16-/m1/s1. The van der Waals surface area contributed by atoms with Gasteiger partial charge >= 0.3 is 12.0 Å². The molecule has 1 aliphatic rings. The Labute approximate surface area is 180 Å². The first kappa shape index (κ1) is 21.1. The van der Waals surface area contributed by atoms with Gasteiger partial charge in [-0.15, -0.1) is 0 Å². The molecule has 5 N–H and O–H groups in total. The molecular formula is C21H17F2N5O4. The predicted molar refractivity (Wildman–Crippen MR) is 110 cm³/mol. The first-order valence-electron chi connectivity index (χ1n) is 9.43. The summed E-state index contributed by atoms with van der Waals surface area (Å²) < 4.78 is 27.9. The Balaban J connectivity index is 1.64. The van der Waals surface area contributed by atoms with E-state index in [0.29, 0.717) is 5.56 Å². The Morgan fingerprint density at radius 2 is 1.94 bits per heavy atom. The SMILES string of the molecule is O=C1NC(F)(F)c2cc(Nc3ncc(C(=O)O)c(N[C@H](CO)c4ccccc4)n3)ccc21. The predicted octanol–water partition coefficient (Wildman–Crippen LogP) is 2.86. The fourth-order valence-electron chi connectivity index (χ4n) is 3.28. The zero-order valence-electron chi connectivity index (χ0n) is 16.3. The number of nitrogens with one attached hydrogen (secondary N) is 3. The third-order valence-corrected chi connectivity index (χ3v) is 4.84. The number of fused-ring (bicyclic) bond motifs is 1. The van der Waals surface area contributed by atoms with Crippen molar-refractivity contribution in [3.05, 3.63) is 77.0 Å². The maximum atomic E-state index is 14.0. The molecule has 1 aliphatic heterocycles. The van der Waals surface area contributed by atoms with Crippen LogP contribution < -0.4 is 16.0 Å². The Kier molecular flexibility index (Phi) is 5.41. The van der Waals surface area contributed by atoms with Crippen molar-refractivity contribution in [2.24, 2.45) is 0 Å². The zero-order chi connectivity index (χ0) is 22.9. The van der Waals surface area contributed by atoms with Gasteiger partial charge in [0.25, 0.3) is 5.91 Å². The lowest BCUT2D eigenvalue weighted by Crippen LogP contribution is -2.29. The number of alkyl halides is 2. The second-order valence-corrected chi connectivity index (χ2v) is 6.97. The van der Waals surface area contributed by atoms with Gasteiger partial charge in [0.05, 0.1) is 23.8 Å². The van der Waals surface area contributed by atoms with Crippen LogP contribution in [0.3, 0.4) is 0 Å². The molecule has 0 fully saturated rings. The normalized spacial score (nSPS) is 14.9. The van der Waals surface area contributed by atoms with Crippen molar-refractivity contribution in [1.82, 2.24) is 15.3 Å². The van der Waals surface area contributed by atoms with Gasteiger partial charge in [0.15, 0.2) is 0 Å². The van der Waals surface area contributed by atoms with Gasteiger partial charge in [-0.25, -0.2) is 9.78 Å². The summed E-state index contributed by atoms with van der Waals surface area (Å²) in [6.45, 7) is -0.337. The van der Waals surface area contributed by atoms with E-state index in [0.717, 1.165) is 12.3 Å². The molecular weight excluding hydrogens is 424 g/mol. The molecule has 3 aromatic rings. The molecule has 0 aliphatic carbocycles. The molecule has 0 bridgehead atoms. The minimum absolute atomic E-state index is 0.0669. The van der Waals surface area contributed by atoms with Crippen LogP contribution >= 0.6 is 0 Å². The van der Waals surface area contributed by atoms with Crippen molar-refractivity contribution in [2.75, 3.05) is 17.2 Å². The number of aromatic nitrogens is 2. The summed E-state index contributed by atoms with van der Waals surface area (Å²) in [6, 6.07) is 8.46. The number of aliphatic hydroxyl groups excluding tert-OH is 1. The average Bonchev–Trinajstić information content (AvgIpc) is 3.00. The van der Waals surface area contributed by atoms with Crippen molar-refractivity contribution >= 4 is 29.3 Å². The monoisotopic (exact) mass is 441 g/mol. The first-order valence-corrected chi connectivity index (χ1v) is 9.43. The third-order valence-electron chi connectivity index (χ3n) is 4.84. The fraction of sp³-hybridized carbons (Fsp3) is 0.143. The number of halogens is 2. The van der Waals surface area contributed by atoms with Crippen LogP contribution in [0, 0.1) is 0 Å². The lowest BCUT2D eigenvalue weighted by molar-refractivity contribution is -0.0241. The number of hydrogen-bond acceptors (Lipinski definition) is 7. The van der Waals surface area contributed by atoms with E-state index in [1.807, 2.05) is 0 Å². The van der Waals surface area contributed by atoms with Crippen LogP contribution in [-0.2, 0) is 6.05 Å². The minimum atomic E-state index is -3.51. The van der Waals surface area contributed by atoms with Crippen molar-refractivity contribution in [3.63, 3.8) is 0 Å². The molecule has 1 atom stereocenters. The average molecular weight is 441 g/mol. The topological polar surface area (TPSA) is 136 Å². The Hall–Kier alpha value is -4.12. The second-order valence-electron chi connectivity index (χ2n) is 6.97. The van der Waals surface area contributed by atoms with Gasteiger partial charge in [-0.3, -0.25) is 10.1 Å². The molecule has 11 heteroatoms. The molecule has 0 saturated heterocycles. The van der Waals surface area contributed by atoms with Gasteiger partial charge in [0.1, 0.15) is 11.4 Å². The van der Waals surface area contributed by atoms with E-state index >= 15 is 0 Å². The highest BCUT2D eigenvalue weighted by molar-refractivity contribution is 6.00. The number of carbonyl (C=O) groups is 2. The Morgan fingerprint density at radius 3 is 2.62 bits per heavy atom. The van der Waals surface area contributed by atoms with Gasteiger partial charge in [0.2, 0.25) is 5.95 Å². The van der Waals surface area contributed by atoms with E-state index in [4.69, 9.17) is 0 Å². The van der Waals surface area contributed by atoms with Crippen molar-refractivity contribution < 1.29 is 28.6 Å². The van der Waals surface area contributed by atoms with Gasteiger partial charge in [-0.05, 0) is 23.8 Å². The van der Waals surface area contributed by atoms with E-state index in [2.05, 4.69) is 20.6 Å². The molecule has 164 valence electrons. The number of carbonyl (C=O) groups excluding carboxylic acids is 1.